The Hall–Kier alpha value is -3.48. The number of hydrogen-bond acceptors (Lipinski definition) is 9. The zero-order valence-corrected chi connectivity index (χ0v) is 16.3. The average Bonchev–Trinajstić information content (AvgIpc) is 2.71. The molecule has 29 heavy (non-hydrogen) atoms. The van der Waals surface area contributed by atoms with Gasteiger partial charge in [0.05, 0.1) is 33.0 Å². The summed E-state index contributed by atoms with van der Waals surface area (Å²) in [5, 5.41) is 2.04. The van der Waals surface area contributed by atoms with Crippen molar-refractivity contribution in [2.75, 3.05) is 26.6 Å². The van der Waals surface area contributed by atoms with E-state index in [-0.39, 0.29) is 28.8 Å². The molecule has 2 N–H and O–H groups in total. The van der Waals surface area contributed by atoms with Crippen molar-refractivity contribution in [1.29, 1.82) is 0 Å². The van der Waals surface area contributed by atoms with Gasteiger partial charge < -0.3 is 14.2 Å². The topological polar surface area (TPSA) is 146 Å². The number of sulfonamides is 1. The Bertz CT molecular complexity index is 994. The molecule has 2 amide bonds. The molecule has 1 aromatic carbocycles. The van der Waals surface area contributed by atoms with Crippen LogP contribution in [0, 0.1) is 0 Å². The summed E-state index contributed by atoms with van der Waals surface area (Å²) in [6, 6.07) is 4.76. The zero-order valence-electron chi connectivity index (χ0n) is 15.5. The van der Waals surface area contributed by atoms with Crippen LogP contribution in [0.3, 0.4) is 0 Å². The average molecular weight is 428 g/mol. The molecule has 0 aliphatic heterocycles. The highest BCUT2D eigenvalue weighted by molar-refractivity contribution is 7.90. The number of alkyl halides is 1. The van der Waals surface area contributed by atoms with E-state index in [1.165, 1.54) is 37.1 Å². The van der Waals surface area contributed by atoms with Crippen LogP contribution in [0.2, 0.25) is 0 Å². The minimum absolute atomic E-state index is 0.0398. The van der Waals surface area contributed by atoms with E-state index in [9.17, 15) is 22.4 Å². The van der Waals surface area contributed by atoms with Gasteiger partial charge in [0.15, 0.2) is 0 Å². The van der Waals surface area contributed by atoms with Crippen LogP contribution in [-0.4, -0.2) is 51.7 Å². The second-order valence-corrected chi connectivity index (χ2v) is 7.02. The van der Waals surface area contributed by atoms with Gasteiger partial charge in [-0.3, -0.25) is 5.32 Å². The van der Waals surface area contributed by atoms with Crippen molar-refractivity contribution in [3.8, 4) is 11.8 Å². The highest BCUT2D eigenvalue weighted by Gasteiger charge is 2.29. The Morgan fingerprint density at radius 3 is 2.24 bits per heavy atom. The molecule has 156 valence electrons. The highest BCUT2D eigenvalue weighted by atomic mass is 32.2. The lowest BCUT2D eigenvalue weighted by molar-refractivity contribution is 0.0600. The van der Waals surface area contributed by atoms with Gasteiger partial charge in [-0.25, -0.2) is 27.1 Å². The van der Waals surface area contributed by atoms with Crippen molar-refractivity contribution in [2.45, 2.75) is 5.50 Å². The third-order valence-corrected chi connectivity index (χ3v) is 4.69. The van der Waals surface area contributed by atoms with Gasteiger partial charge in [-0.15, -0.1) is 0 Å². The first-order valence-corrected chi connectivity index (χ1v) is 9.36. The Morgan fingerprint density at radius 2 is 1.69 bits per heavy atom. The number of benzene rings is 1. The van der Waals surface area contributed by atoms with Crippen molar-refractivity contribution in [3.63, 3.8) is 0 Å². The fourth-order valence-corrected chi connectivity index (χ4v) is 3.00. The van der Waals surface area contributed by atoms with E-state index in [2.05, 4.69) is 14.7 Å². The Morgan fingerprint density at radius 1 is 1.07 bits per heavy atom. The standard InChI is InChI=1S/C16H17FN4O7S/c1-26-11-8-12(27-2)19-15(18-11)20-16(23)21-29(24,25)13(17)9-5-4-6-10(7-9)14(22)28-3/h4-8,13H,1-3H3,(H2,18,19,20,21,23). The summed E-state index contributed by atoms with van der Waals surface area (Å²) in [6.07, 6.45) is 0. The van der Waals surface area contributed by atoms with Crippen LogP contribution in [-0.2, 0) is 14.8 Å². The molecule has 2 aromatic rings. The van der Waals surface area contributed by atoms with Gasteiger partial charge in [-0.2, -0.15) is 9.97 Å². The maximum absolute atomic E-state index is 14.5. The molecule has 0 aliphatic rings. The number of nitrogens with zero attached hydrogens (tertiary/aromatic N) is 2. The summed E-state index contributed by atoms with van der Waals surface area (Å²) in [5.74, 6) is -1.03. The minimum Gasteiger partial charge on any atom is -0.481 e. The first-order valence-electron chi connectivity index (χ1n) is 7.82. The first kappa shape index (κ1) is 21.8. The van der Waals surface area contributed by atoms with Crippen LogP contribution in [0.1, 0.15) is 21.4 Å². The molecule has 0 fully saturated rings. The van der Waals surface area contributed by atoms with E-state index in [1.54, 1.807) is 0 Å². The van der Waals surface area contributed by atoms with Gasteiger partial charge in [0.2, 0.25) is 23.2 Å². The number of nitrogens with one attached hydrogen (secondary N) is 2. The minimum atomic E-state index is -4.81. The van der Waals surface area contributed by atoms with Crippen LogP contribution in [0.5, 0.6) is 11.8 Å². The largest absolute Gasteiger partial charge is 0.481 e. The quantitative estimate of drug-likeness (QED) is 0.625. The molecule has 0 radical (unpaired) electrons. The molecule has 0 spiro atoms. The molecule has 1 unspecified atom stereocenters. The van der Waals surface area contributed by atoms with Gasteiger partial charge in [0, 0.05) is 5.56 Å². The van der Waals surface area contributed by atoms with Crippen LogP contribution in [0.15, 0.2) is 30.3 Å². The number of anilines is 1. The van der Waals surface area contributed by atoms with Crippen molar-refractivity contribution in [3.05, 3.63) is 41.5 Å². The van der Waals surface area contributed by atoms with Crippen molar-refractivity contribution in [2.24, 2.45) is 0 Å². The van der Waals surface area contributed by atoms with Crippen molar-refractivity contribution in [1.82, 2.24) is 14.7 Å². The molecule has 1 aromatic heterocycles. The van der Waals surface area contributed by atoms with E-state index < -0.39 is 27.5 Å². The number of methoxy groups -OCH3 is 3. The number of urea groups is 1. The number of halogens is 1. The number of carbonyl (C=O) groups excluding carboxylic acids is 2. The smallest absolute Gasteiger partial charge is 0.337 e. The predicted octanol–water partition coefficient (Wildman–Crippen LogP) is 1.40. The molecule has 0 aliphatic carbocycles. The maximum atomic E-state index is 14.5. The van der Waals surface area contributed by atoms with Gasteiger partial charge in [0.1, 0.15) is 0 Å². The predicted molar refractivity (Wildman–Crippen MR) is 97.8 cm³/mol. The summed E-state index contributed by atoms with van der Waals surface area (Å²) in [4.78, 5) is 31.1. The third kappa shape index (κ3) is 5.51. The fourth-order valence-electron chi connectivity index (χ4n) is 2.08. The molecule has 11 nitrogen and oxygen atoms in total. The summed E-state index contributed by atoms with van der Waals surface area (Å²) < 4.78 is 54.7. The molecule has 0 bridgehead atoms. The van der Waals surface area contributed by atoms with Crippen LogP contribution in [0.25, 0.3) is 0 Å². The van der Waals surface area contributed by atoms with Crippen LogP contribution < -0.4 is 19.5 Å². The lowest BCUT2D eigenvalue weighted by Gasteiger charge is -2.13. The van der Waals surface area contributed by atoms with E-state index in [0.29, 0.717) is 0 Å². The van der Waals surface area contributed by atoms with Gasteiger partial charge in [0.25, 0.3) is 10.0 Å². The number of esters is 1. The summed E-state index contributed by atoms with van der Waals surface area (Å²) in [5.41, 5.74) is -3.06. The van der Waals surface area contributed by atoms with Gasteiger partial charge in [-0.05, 0) is 12.1 Å². The second-order valence-electron chi connectivity index (χ2n) is 5.31. The number of aromatic nitrogens is 2. The summed E-state index contributed by atoms with van der Waals surface area (Å²) >= 11 is 0. The summed E-state index contributed by atoms with van der Waals surface area (Å²) in [7, 11) is -1.06. The van der Waals surface area contributed by atoms with E-state index in [1.807, 2.05) is 5.32 Å². The van der Waals surface area contributed by atoms with E-state index >= 15 is 0 Å². The molecular weight excluding hydrogens is 411 g/mol. The van der Waals surface area contributed by atoms with Crippen LogP contribution in [0.4, 0.5) is 15.1 Å². The Balaban J connectivity index is 2.16. The van der Waals surface area contributed by atoms with Crippen molar-refractivity contribution < 1.29 is 36.6 Å². The fraction of sp³-hybridized carbons (Fsp3) is 0.250. The number of carbonyl (C=O) groups is 2. The number of amides is 2. The molecule has 1 heterocycles. The Labute approximate surface area is 165 Å². The monoisotopic (exact) mass is 428 g/mol. The molecule has 1 atom stereocenters. The van der Waals surface area contributed by atoms with E-state index in [0.717, 1.165) is 19.2 Å². The summed E-state index contributed by atoms with van der Waals surface area (Å²) in [6.45, 7) is 0. The third-order valence-electron chi connectivity index (χ3n) is 3.40. The SMILES string of the molecule is COC(=O)c1cccc(C(F)S(=O)(=O)NC(=O)Nc2nc(OC)cc(OC)n2)c1. The molecule has 2 rings (SSSR count). The number of rotatable bonds is 7. The zero-order chi connectivity index (χ0) is 21.6. The molecular formula is C16H17FN4O7S. The number of ether oxygens (including phenoxy) is 3. The lowest BCUT2D eigenvalue weighted by Crippen LogP contribution is -2.36. The first-order chi connectivity index (χ1) is 13.7. The lowest BCUT2D eigenvalue weighted by atomic mass is 10.1. The van der Waals surface area contributed by atoms with Gasteiger partial charge in [-0.1, -0.05) is 12.1 Å². The molecule has 0 saturated heterocycles. The second kappa shape index (κ2) is 9.14. The maximum Gasteiger partial charge on any atom is 0.337 e. The molecule has 0 saturated carbocycles. The van der Waals surface area contributed by atoms with Crippen molar-refractivity contribution >= 4 is 28.0 Å². The Kier molecular flexibility index (Phi) is 6.88. The normalized spacial score (nSPS) is 11.9. The van der Waals surface area contributed by atoms with E-state index in [4.69, 9.17) is 9.47 Å². The number of hydrogen-bond donors (Lipinski definition) is 2. The van der Waals surface area contributed by atoms with Gasteiger partial charge >= 0.3 is 12.0 Å². The highest BCUT2D eigenvalue weighted by Crippen LogP contribution is 2.24. The van der Waals surface area contributed by atoms with Crippen LogP contribution >= 0.6 is 0 Å². The molecule has 13 heteroatoms.